The Labute approximate surface area is 224 Å². The van der Waals surface area contributed by atoms with Gasteiger partial charge in [-0.1, -0.05) is 72.8 Å². The van der Waals surface area contributed by atoms with Gasteiger partial charge in [-0.2, -0.15) is 0 Å². The minimum Gasteiger partial charge on any atom is -0.481 e. The van der Waals surface area contributed by atoms with Crippen LogP contribution < -0.4 is 10.0 Å². The average Bonchev–Trinajstić information content (AvgIpc) is 2.92. The molecule has 9 heteroatoms. The van der Waals surface area contributed by atoms with Gasteiger partial charge in [0.15, 0.2) is 0 Å². The summed E-state index contributed by atoms with van der Waals surface area (Å²) in [5.41, 5.74) is 2.88. The van der Waals surface area contributed by atoms with Crippen molar-refractivity contribution in [1.29, 1.82) is 0 Å². The van der Waals surface area contributed by atoms with E-state index >= 15 is 0 Å². The first kappa shape index (κ1) is 27.9. The number of morpholine rings is 1. The van der Waals surface area contributed by atoms with E-state index in [2.05, 4.69) is 21.9 Å². The van der Waals surface area contributed by atoms with Gasteiger partial charge in [0.2, 0.25) is 10.0 Å². The van der Waals surface area contributed by atoms with Crippen molar-refractivity contribution < 1.29 is 23.1 Å². The third-order valence-corrected chi connectivity index (χ3v) is 8.17. The first-order chi connectivity index (χ1) is 18.3. The number of carboxylic acids is 1. The lowest BCUT2D eigenvalue weighted by Crippen LogP contribution is -2.44. The largest absolute Gasteiger partial charge is 0.481 e. The molecule has 4 rings (SSSR count). The summed E-state index contributed by atoms with van der Waals surface area (Å²) in [5, 5.41) is 12.9. The second-order valence-electron chi connectivity index (χ2n) is 9.57. The Balaban J connectivity index is 1.61. The van der Waals surface area contributed by atoms with Crippen LogP contribution in [0.2, 0.25) is 0 Å². The van der Waals surface area contributed by atoms with E-state index in [4.69, 9.17) is 4.74 Å². The molecule has 0 aromatic heterocycles. The summed E-state index contributed by atoms with van der Waals surface area (Å²) in [6, 6.07) is 23.0. The van der Waals surface area contributed by atoms with Crippen molar-refractivity contribution in [3.8, 4) is 11.1 Å². The molecule has 1 saturated heterocycles. The van der Waals surface area contributed by atoms with E-state index in [-0.39, 0.29) is 17.4 Å². The maximum atomic E-state index is 13.8. The molecule has 0 bridgehead atoms. The number of nitrogens with one attached hydrogen (secondary N) is 2. The van der Waals surface area contributed by atoms with Gasteiger partial charge in [0.25, 0.3) is 0 Å². The lowest BCUT2D eigenvalue weighted by molar-refractivity contribution is -0.137. The fourth-order valence-corrected chi connectivity index (χ4v) is 6.11. The molecule has 1 aliphatic heterocycles. The number of rotatable bonds is 12. The van der Waals surface area contributed by atoms with Crippen LogP contribution in [0.15, 0.2) is 83.8 Å². The van der Waals surface area contributed by atoms with E-state index < -0.39 is 22.0 Å². The molecule has 0 amide bonds. The van der Waals surface area contributed by atoms with Crippen molar-refractivity contribution >= 4 is 16.0 Å². The van der Waals surface area contributed by atoms with Crippen LogP contribution in [0.4, 0.5) is 0 Å². The summed E-state index contributed by atoms with van der Waals surface area (Å²) in [7, 11) is -4.07. The van der Waals surface area contributed by atoms with E-state index in [1.807, 2.05) is 42.5 Å². The van der Waals surface area contributed by atoms with E-state index in [1.54, 1.807) is 36.4 Å². The lowest BCUT2D eigenvalue weighted by atomic mass is 10.0. The summed E-state index contributed by atoms with van der Waals surface area (Å²) < 4.78 is 35.7. The second-order valence-corrected chi connectivity index (χ2v) is 11.2. The number of hydrogen-bond acceptors (Lipinski definition) is 6. The Hall–Kier alpha value is -3.08. The van der Waals surface area contributed by atoms with Crippen molar-refractivity contribution in [3.05, 3.63) is 90.0 Å². The molecule has 38 heavy (non-hydrogen) atoms. The quantitative estimate of drug-likeness (QED) is 0.324. The number of carboxylic acid groups (broad SMARTS) is 1. The highest BCUT2D eigenvalue weighted by molar-refractivity contribution is 7.89. The summed E-state index contributed by atoms with van der Waals surface area (Å²) in [5.74, 6) is -1.08. The highest BCUT2D eigenvalue weighted by Crippen LogP contribution is 2.28. The zero-order chi connectivity index (χ0) is 27.0. The van der Waals surface area contributed by atoms with Crippen LogP contribution >= 0.6 is 0 Å². The van der Waals surface area contributed by atoms with Gasteiger partial charge in [-0.05, 0) is 35.2 Å². The minimum atomic E-state index is -4.07. The number of nitrogens with zero attached hydrogens (tertiary/aromatic N) is 1. The first-order valence-electron chi connectivity index (χ1n) is 12.8. The van der Waals surface area contributed by atoms with E-state index in [9.17, 15) is 18.3 Å². The zero-order valence-corrected chi connectivity index (χ0v) is 22.4. The summed E-state index contributed by atoms with van der Waals surface area (Å²) in [6.07, 6.45) is -0.369. The van der Waals surface area contributed by atoms with Crippen molar-refractivity contribution in [1.82, 2.24) is 14.9 Å². The standard InChI is InChI=1S/C29H35N3O5S/c1-22(21-32-14-16-37-17-15-32)30-20-26-13-12-25(23-8-4-2-5-9-23)18-28(26)38(35,36)31-27(19-29(33)34)24-10-6-3-7-11-24/h2-13,18,22,27,30-31H,14-17,19-21H2,1H3,(H,33,34)/t22?,27-/m1/s1. The van der Waals surface area contributed by atoms with Gasteiger partial charge in [-0.15, -0.1) is 0 Å². The zero-order valence-electron chi connectivity index (χ0n) is 21.5. The van der Waals surface area contributed by atoms with Gasteiger partial charge >= 0.3 is 5.97 Å². The monoisotopic (exact) mass is 537 g/mol. The normalized spacial score (nSPS) is 16.1. The second kappa shape index (κ2) is 13.1. The molecule has 0 saturated carbocycles. The van der Waals surface area contributed by atoms with Crippen LogP contribution in [0.5, 0.6) is 0 Å². The topological polar surface area (TPSA) is 108 Å². The fraction of sp³-hybridized carbons (Fsp3) is 0.345. The van der Waals surface area contributed by atoms with Gasteiger partial charge in [0.1, 0.15) is 0 Å². The van der Waals surface area contributed by atoms with Crippen LogP contribution in [0, 0.1) is 0 Å². The number of sulfonamides is 1. The van der Waals surface area contributed by atoms with Crippen LogP contribution in [0.25, 0.3) is 11.1 Å². The first-order valence-corrected chi connectivity index (χ1v) is 14.3. The molecule has 1 unspecified atom stereocenters. The van der Waals surface area contributed by atoms with E-state index in [1.165, 1.54) is 0 Å². The van der Waals surface area contributed by atoms with Gasteiger partial charge in [-0.3, -0.25) is 9.69 Å². The maximum absolute atomic E-state index is 13.8. The highest BCUT2D eigenvalue weighted by Gasteiger charge is 2.26. The van der Waals surface area contributed by atoms with Gasteiger partial charge < -0.3 is 15.2 Å². The molecule has 1 heterocycles. The van der Waals surface area contributed by atoms with Gasteiger partial charge in [-0.25, -0.2) is 13.1 Å². The third kappa shape index (κ3) is 7.72. The SMILES string of the molecule is CC(CN1CCOCC1)NCc1ccc(-c2ccccc2)cc1S(=O)(=O)N[C@H](CC(=O)O)c1ccccc1. The number of ether oxygens (including phenoxy) is 1. The number of carbonyl (C=O) groups is 1. The predicted molar refractivity (Wildman–Crippen MR) is 147 cm³/mol. The predicted octanol–water partition coefficient (Wildman–Crippen LogP) is 3.66. The Morgan fingerprint density at radius 2 is 1.63 bits per heavy atom. The number of aliphatic carboxylic acids is 1. The van der Waals surface area contributed by atoms with Crippen LogP contribution in [0.3, 0.4) is 0 Å². The van der Waals surface area contributed by atoms with Crippen molar-refractivity contribution in [3.63, 3.8) is 0 Å². The molecule has 2 atom stereocenters. The molecule has 202 valence electrons. The van der Waals surface area contributed by atoms with Crippen LogP contribution in [-0.4, -0.2) is 63.3 Å². The van der Waals surface area contributed by atoms with Crippen molar-refractivity contribution in [2.24, 2.45) is 0 Å². The minimum absolute atomic E-state index is 0.134. The summed E-state index contributed by atoms with van der Waals surface area (Å²) >= 11 is 0. The van der Waals surface area contributed by atoms with Gasteiger partial charge in [0, 0.05) is 32.2 Å². The average molecular weight is 538 g/mol. The van der Waals surface area contributed by atoms with E-state index in [0.29, 0.717) is 17.7 Å². The molecule has 0 spiro atoms. The molecule has 1 aliphatic rings. The molecule has 1 fully saturated rings. The molecule has 0 aliphatic carbocycles. The van der Waals surface area contributed by atoms with Crippen molar-refractivity contribution in [2.45, 2.75) is 36.9 Å². The Bertz CT molecular complexity index is 1300. The maximum Gasteiger partial charge on any atom is 0.305 e. The lowest BCUT2D eigenvalue weighted by Gasteiger charge is -2.29. The Morgan fingerprint density at radius 3 is 2.29 bits per heavy atom. The molecule has 0 radical (unpaired) electrons. The number of benzene rings is 3. The third-order valence-electron chi connectivity index (χ3n) is 6.62. The van der Waals surface area contributed by atoms with Crippen LogP contribution in [-0.2, 0) is 26.1 Å². The summed E-state index contributed by atoms with van der Waals surface area (Å²) in [4.78, 5) is 14.1. The Kier molecular flexibility index (Phi) is 9.65. The molecular weight excluding hydrogens is 502 g/mol. The molecular formula is C29H35N3O5S. The molecule has 8 nitrogen and oxygen atoms in total. The van der Waals surface area contributed by atoms with Gasteiger partial charge in [0.05, 0.1) is 30.6 Å². The molecule has 3 aromatic rings. The smallest absolute Gasteiger partial charge is 0.305 e. The fourth-order valence-electron chi connectivity index (χ4n) is 4.62. The number of hydrogen-bond donors (Lipinski definition) is 3. The van der Waals surface area contributed by atoms with E-state index in [0.717, 1.165) is 44.0 Å². The molecule has 3 N–H and O–H groups in total. The Morgan fingerprint density at radius 1 is 0.974 bits per heavy atom. The highest BCUT2D eigenvalue weighted by atomic mass is 32.2. The van der Waals surface area contributed by atoms with Crippen LogP contribution in [0.1, 0.15) is 30.5 Å². The summed E-state index contributed by atoms with van der Waals surface area (Å²) in [6.45, 7) is 6.48. The van der Waals surface area contributed by atoms with Crippen molar-refractivity contribution in [2.75, 3.05) is 32.8 Å². The molecule has 3 aromatic carbocycles.